The van der Waals surface area contributed by atoms with Gasteiger partial charge in [0.05, 0.1) is 6.61 Å². The third-order valence-electron chi connectivity index (χ3n) is 2.02. The van der Waals surface area contributed by atoms with Crippen molar-refractivity contribution < 1.29 is 18.3 Å². The monoisotopic (exact) mass is 302 g/mol. The molecule has 0 radical (unpaired) electrons. The molecule has 0 N–H and O–H groups in total. The Hall–Kier alpha value is -1.54. The minimum absolute atomic E-state index is 0.0422. The Morgan fingerprint density at radius 1 is 1.47 bits per heavy atom. The van der Waals surface area contributed by atoms with Gasteiger partial charge in [-0.3, -0.25) is 0 Å². The van der Waals surface area contributed by atoms with Crippen molar-refractivity contribution in [1.82, 2.24) is 9.59 Å². The number of esters is 1. The molecule has 1 aromatic heterocycles. The quantitative estimate of drug-likeness (QED) is 0.812. The van der Waals surface area contributed by atoms with Gasteiger partial charge >= 0.3 is 5.97 Å². The fourth-order valence-electron chi connectivity index (χ4n) is 1.23. The van der Waals surface area contributed by atoms with Crippen LogP contribution in [0.3, 0.4) is 0 Å². The molecule has 0 amide bonds. The van der Waals surface area contributed by atoms with Crippen molar-refractivity contribution in [2.75, 3.05) is 6.61 Å². The van der Waals surface area contributed by atoms with E-state index in [9.17, 15) is 13.6 Å². The summed E-state index contributed by atoms with van der Waals surface area (Å²) in [5.41, 5.74) is 0.0422. The van der Waals surface area contributed by atoms with E-state index in [2.05, 4.69) is 9.59 Å². The number of rotatable bonds is 4. The van der Waals surface area contributed by atoms with E-state index < -0.39 is 17.6 Å². The SMILES string of the molecule is CCOC(=O)c1nnsc1Sc1ccc(F)cc1F. The van der Waals surface area contributed by atoms with E-state index in [1.54, 1.807) is 6.92 Å². The molecular weight excluding hydrogens is 294 g/mol. The highest BCUT2D eigenvalue weighted by Crippen LogP contribution is 2.34. The van der Waals surface area contributed by atoms with E-state index in [4.69, 9.17) is 4.74 Å². The Bertz CT molecular complexity index is 604. The number of hydrogen-bond donors (Lipinski definition) is 0. The van der Waals surface area contributed by atoms with Crippen LogP contribution in [-0.2, 0) is 4.74 Å². The van der Waals surface area contributed by atoms with Gasteiger partial charge in [0.1, 0.15) is 15.8 Å². The van der Waals surface area contributed by atoms with E-state index in [1.807, 2.05) is 0 Å². The first kappa shape index (κ1) is 13.9. The van der Waals surface area contributed by atoms with E-state index in [0.717, 1.165) is 35.4 Å². The van der Waals surface area contributed by atoms with Crippen LogP contribution in [0.2, 0.25) is 0 Å². The van der Waals surface area contributed by atoms with Crippen LogP contribution in [0, 0.1) is 11.6 Å². The van der Waals surface area contributed by atoms with Crippen LogP contribution in [0.1, 0.15) is 17.4 Å². The van der Waals surface area contributed by atoms with E-state index in [0.29, 0.717) is 4.21 Å². The van der Waals surface area contributed by atoms with Gasteiger partial charge < -0.3 is 4.74 Å². The summed E-state index contributed by atoms with van der Waals surface area (Å²) in [7, 11) is 0. The first-order chi connectivity index (χ1) is 9.11. The third kappa shape index (κ3) is 3.27. The van der Waals surface area contributed by atoms with Gasteiger partial charge in [0.25, 0.3) is 0 Å². The van der Waals surface area contributed by atoms with Crippen molar-refractivity contribution in [2.45, 2.75) is 16.0 Å². The molecule has 0 bridgehead atoms. The zero-order valence-electron chi connectivity index (χ0n) is 9.72. The van der Waals surface area contributed by atoms with Gasteiger partial charge in [-0.15, -0.1) is 5.10 Å². The highest BCUT2D eigenvalue weighted by atomic mass is 32.2. The normalized spacial score (nSPS) is 10.5. The molecule has 2 aromatic rings. The highest BCUT2D eigenvalue weighted by molar-refractivity contribution is 8.01. The van der Waals surface area contributed by atoms with Crippen molar-refractivity contribution in [3.63, 3.8) is 0 Å². The maximum absolute atomic E-state index is 13.5. The molecule has 0 fully saturated rings. The number of carbonyl (C=O) groups is 1. The molecule has 1 aromatic carbocycles. The van der Waals surface area contributed by atoms with Gasteiger partial charge in [-0.2, -0.15) is 0 Å². The summed E-state index contributed by atoms with van der Waals surface area (Å²) in [6.07, 6.45) is 0. The number of halogens is 2. The number of carbonyl (C=O) groups excluding carboxylic acids is 1. The first-order valence-electron chi connectivity index (χ1n) is 5.24. The van der Waals surface area contributed by atoms with Crippen LogP contribution in [0.25, 0.3) is 0 Å². The van der Waals surface area contributed by atoms with Gasteiger partial charge in [-0.25, -0.2) is 13.6 Å². The molecule has 8 heteroatoms. The Kier molecular flexibility index (Phi) is 4.43. The minimum Gasteiger partial charge on any atom is -0.461 e. The molecule has 0 saturated carbocycles. The number of hydrogen-bond acceptors (Lipinski definition) is 6. The number of nitrogens with zero attached hydrogens (tertiary/aromatic N) is 2. The number of benzene rings is 1. The van der Waals surface area contributed by atoms with E-state index >= 15 is 0 Å². The minimum atomic E-state index is -0.701. The first-order valence-corrected chi connectivity index (χ1v) is 6.83. The Morgan fingerprint density at radius 3 is 2.95 bits per heavy atom. The lowest BCUT2D eigenvalue weighted by Gasteiger charge is -2.02. The maximum Gasteiger partial charge on any atom is 0.361 e. The molecule has 0 spiro atoms. The second-order valence-electron chi connectivity index (χ2n) is 3.31. The lowest BCUT2D eigenvalue weighted by Crippen LogP contribution is -2.06. The molecule has 0 aliphatic rings. The molecule has 0 unspecified atom stereocenters. The molecule has 2 rings (SSSR count). The smallest absolute Gasteiger partial charge is 0.361 e. The van der Waals surface area contributed by atoms with Crippen LogP contribution in [0.15, 0.2) is 27.3 Å². The maximum atomic E-state index is 13.5. The molecule has 1 heterocycles. The Morgan fingerprint density at radius 2 is 2.26 bits per heavy atom. The summed E-state index contributed by atoms with van der Waals surface area (Å²) in [5, 5.41) is 3.65. The summed E-state index contributed by atoms with van der Waals surface area (Å²) in [6.45, 7) is 1.88. The van der Waals surface area contributed by atoms with E-state index in [1.165, 1.54) is 6.07 Å². The molecule has 0 aliphatic heterocycles. The Balaban J connectivity index is 2.24. The van der Waals surface area contributed by atoms with Gasteiger partial charge in [0.2, 0.25) is 0 Å². The number of aromatic nitrogens is 2. The van der Waals surface area contributed by atoms with Crippen LogP contribution in [-0.4, -0.2) is 22.2 Å². The van der Waals surface area contributed by atoms with Crippen LogP contribution in [0.4, 0.5) is 8.78 Å². The average Bonchev–Trinajstić information content (AvgIpc) is 2.81. The zero-order valence-corrected chi connectivity index (χ0v) is 11.4. The molecule has 0 atom stereocenters. The van der Waals surface area contributed by atoms with Gasteiger partial charge in [0.15, 0.2) is 5.69 Å². The standard InChI is InChI=1S/C11H8F2N2O2S2/c1-2-17-10(16)9-11(19-15-14-9)18-8-4-3-6(12)5-7(8)13/h3-5H,2H2,1H3. The lowest BCUT2D eigenvalue weighted by molar-refractivity contribution is 0.0515. The predicted molar refractivity (Wildman–Crippen MR) is 66.3 cm³/mol. The van der Waals surface area contributed by atoms with Crippen LogP contribution < -0.4 is 0 Å². The summed E-state index contributed by atoms with van der Waals surface area (Å²) < 4.78 is 35.2. The fraction of sp³-hybridized carbons (Fsp3) is 0.182. The molecule has 0 saturated heterocycles. The van der Waals surface area contributed by atoms with Crippen molar-refractivity contribution in [3.8, 4) is 0 Å². The van der Waals surface area contributed by atoms with Crippen LogP contribution >= 0.6 is 23.3 Å². The Labute approximate surface area is 116 Å². The molecule has 4 nitrogen and oxygen atoms in total. The van der Waals surface area contributed by atoms with Crippen molar-refractivity contribution in [1.29, 1.82) is 0 Å². The average molecular weight is 302 g/mol. The molecule has 0 aliphatic carbocycles. The highest BCUT2D eigenvalue weighted by Gasteiger charge is 2.19. The van der Waals surface area contributed by atoms with Crippen molar-refractivity contribution >= 4 is 29.3 Å². The van der Waals surface area contributed by atoms with E-state index in [-0.39, 0.29) is 17.2 Å². The number of ether oxygens (including phenoxy) is 1. The zero-order chi connectivity index (χ0) is 13.8. The largest absolute Gasteiger partial charge is 0.461 e. The fourth-order valence-corrected chi connectivity index (χ4v) is 2.87. The van der Waals surface area contributed by atoms with Crippen molar-refractivity contribution in [3.05, 3.63) is 35.5 Å². The topological polar surface area (TPSA) is 52.1 Å². The van der Waals surface area contributed by atoms with Gasteiger partial charge in [0, 0.05) is 11.0 Å². The lowest BCUT2D eigenvalue weighted by atomic mass is 10.3. The van der Waals surface area contributed by atoms with Gasteiger partial charge in [-0.1, -0.05) is 16.3 Å². The molecular formula is C11H8F2N2O2S2. The second kappa shape index (κ2) is 6.07. The van der Waals surface area contributed by atoms with Crippen molar-refractivity contribution in [2.24, 2.45) is 0 Å². The van der Waals surface area contributed by atoms with Gasteiger partial charge in [-0.05, 0) is 30.6 Å². The summed E-state index contributed by atoms with van der Waals surface area (Å²) >= 11 is 1.91. The summed E-state index contributed by atoms with van der Waals surface area (Å²) in [4.78, 5) is 11.8. The third-order valence-corrected chi connectivity index (χ3v) is 3.95. The molecule has 100 valence electrons. The van der Waals surface area contributed by atoms with Crippen LogP contribution in [0.5, 0.6) is 0 Å². The predicted octanol–water partition coefficient (Wildman–Crippen LogP) is 3.14. The second-order valence-corrected chi connectivity index (χ2v) is 5.37. The molecule has 19 heavy (non-hydrogen) atoms. The summed E-state index contributed by atoms with van der Waals surface area (Å²) in [6, 6.07) is 3.22. The summed E-state index contributed by atoms with van der Waals surface area (Å²) in [5.74, 6) is -1.97.